The Labute approximate surface area is 86.6 Å². The van der Waals surface area contributed by atoms with Crippen molar-refractivity contribution in [2.45, 2.75) is 6.04 Å². The number of hydrogen-bond acceptors (Lipinski definition) is 3. The number of phenols is 1. The van der Waals surface area contributed by atoms with Gasteiger partial charge in [-0.05, 0) is 40.1 Å². The monoisotopic (exact) mass is 205 g/mol. The molecule has 0 saturated heterocycles. The summed E-state index contributed by atoms with van der Waals surface area (Å²) in [6.07, 6.45) is 0. The minimum Gasteiger partial charge on any atom is -0.508 e. The van der Waals surface area contributed by atoms with Gasteiger partial charge in [0.15, 0.2) is 0 Å². The molecule has 0 unspecified atom stereocenters. The number of thiophene rings is 1. The second-order valence-electron chi connectivity index (χ2n) is 3.13. The van der Waals surface area contributed by atoms with Crippen LogP contribution in [0.2, 0.25) is 0 Å². The molecular formula is C11H11NOS. The fourth-order valence-electron chi connectivity index (χ4n) is 1.33. The number of aromatic hydroxyl groups is 1. The number of hydrogen-bond donors (Lipinski definition) is 2. The summed E-state index contributed by atoms with van der Waals surface area (Å²) in [5.41, 5.74) is 8.16. The summed E-state index contributed by atoms with van der Waals surface area (Å²) < 4.78 is 0. The average Bonchev–Trinajstić information content (AvgIpc) is 2.71. The summed E-state index contributed by atoms with van der Waals surface area (Å²) >= 11 is 1.64. The standard InChI is InChI=1S/C11H11NOS/c12-11(9-5-6-14-7-9)8-1-3-10(13)4-2-8/h1-7,11,13H,12H2/t11-/m0/s1. The smallest absolute Gasteiger partial charge is 0.115 e. The molecule has 0 aliphatic heterocycles. The molecule has 0 aliphatic rings. The Hall–Kier alpha value is -1.32. The predicted molar refractivity (Wildman–Crippen MR) is 58.5 cm³/mol. The lowest BCUT2D eigenvalue weighted by Gasteiger charge is -2.09. The third-order valence-electron chi connectivity index (χ3n) is 2.15. The van der Waals surface area contributed by atoms with Crippen molar-refractivity contribution >= 4 is 11.3 Å². The summed E-state index contributed by atoms with van der Waals surface area (Å²) in [7, 11) is 0. The molecule has 0 radical (unpaired) electrons. The molecule has 72 valence electrons. The third-order valence-corrected chi connectivity index (χ3v) is 2.86. The van der Waals surface area contributed by atoms with Crippen molar-refractivity contribution in [3.63, 3.8) is 0 Å². The summed E-state index contributed by atoms with van der Waals surface area (Å²) in [4.78, 5) is 0. The van der Waals surface area contributed by atoms with E-state index in [0.717, 1.165) is 11.1 Å². The lowest BCUT2D eigenvalue weighted by atomic mass is 10.0. The van der Waals surface area contributed by atoms with Crippen LogP contribution in [0.15, 0.2) is 41.1 Å². The lowest BCUT2D eigenvalue weighted by molar-refractivity contribution is 0.475. The van der Waals surface area contributed by atoms with E-state index >= 15 is 0 Å². The Morgan fingerprint density at radius 2 is 1.79 bits per heavy atom. The summed E-state index contributed by atoms with van der Waals surface area (Å²) in [5, 5.41) is 13.2. The third kappa shape index (κ3) is 1.78. The molecule has 2 nitrogen and oxygen atoms in total. The normalized spacial score (nSPS) is 12.6. The minimum absolute atomic E-state index is 0.0955. The number of nitrogens with two attached hydrogens (primary N) is 1. The second-order valence-corrected chi connectivity index (χ2v) is 3.91. The molecular weight excluding hydrogens is 194 g/mol. The first-order valence-corrected chi connectivity index (χ1v) is 5.28. The Morgan fingerprint density at radius 1 is 1.07 bits per heavy atom. The lowest BCUT2D eigenvalue weighted by Crippen LogP contribution is -2.10. The van der Waals surface area contributed by atoms with Crippen LogP contribution in [0.1, 0.15) is 17.2 Å². The fourth-order valence-corrected chi connectivity index (χ4v) is 2.02. The molecule has 1 aromatic carbocycles. The van der Waals surface area contributed by atoms with Gasteiger partial charge in [-0.3, -0.25) is 0 Å². The molecule has 3 heteroatoms. The van der Waals surface area contributed by atoms with E-state index in [9.17, 15) is 0 Å². The van der Waals surface area contributed by atoms with Gasteiger partial charge in [-0.2, -0.15) is 11.3 Å². The highest BCUT2D eigenvalue weighted by Gasteiger charge is 2.08. The van der Waals surface area contributed by atoms with Crippen LogP contribution in [0, 0.1) is 0 Å². The van der Waals surface area contributed by atoms with E-state index in [1.165, 1.54) is 0 Å². The molecule has 0 spiro atoms. The number of benzene rings is 1. The van der Waals surface area contributed by atoms with Gasteiger partial charge in [-0.25, -0.2) is 0 Å². The van der Waals surface area contributed by atoms with E-state index in [0.29, 0.717) is 0 Å². The van der Waals surface area contributed by atoms with E-state index in [2.05, 4.69) is 0 Å². The topological polar surface area (TPSA) is 46.2 Å². The zero-order chi connectivity index (χ0) is 9.97. The average molecular weight is 205 g/mol. The maximum absolute atomic E-state index is 9.13. The zero-order valence-corrected chi connectivity index (χ0v) is 8.37. The largest absolute Gasteiger partial charge is 0.508 e. The SMILES string of the molecule is N[C@@H](c1ccc(O)cc1)c1ccsc1. The van der Waals surface area contributed by atoms with Gasteiger partial charge in [0.2, 0.25) is 0 Å². The van der Waals surface area contributed by atoms with Crippen molar-refractivity contribution in [2.75, 3.05) is 0 Å². The van der Waals surface area contributed by atoms with Gasteiger partial charge in [0.05, 0.1) is 6.04 Å². The van der Waals surface area contributed by atoms with Crippen LogP contribution < -0.4 is 5.73 Å². The molecule has 0 fully saturated rings. The Kier molecular flexibility index (Phi) is 2.52. The van der Waals surface area contributed by atoms with E-state index < -0.39 is 0 Å². The molecule has 0 aliphatic carbocycles. The molecule has 0 saturated carbocycles. The first-order valence-electron chi connectivity index (χ1n) is 4.34. The first-order chi connectivity index (χ1) is 6.77. The maximum Gasteiger partial charge on any atom is 0.115 e. The van der Waals surface area contributed by atoms with Gasteiger partial charge < -0.3 is 10.8 Å². The molecule has 3 N–H and O–H groups in total. The fraction of sp³-hybridized carbons (Fsp3) is 0.0909. The van der Waals surface area contributed by atoms with Crippen molar-refractivity contribution < 1.29 is 5.11 Å². The van der Waals surface area contributed by atoms with E-state index in [-0.39, 0.29) is 11.8 Å². The van der Waals surface area contributed by atoms with E-state index in [4.69, 9.17) is 10.8 Å². The van der Waals surface area contributed by atoms with Crippen LogP contribution >= 0.6 is 11.3 Å². The molecule has 1 aromatic heterocycles. The summed E-state index contributed by atoms with van der Waals surface area (Å²) in [5.74, 6) is 0.270. The Bertz CT molecular complexity index is 394. The van der Waals surface area contributed by atoms with Crippen LogP contribution in [-0.4, -0.2) is 5.11 Å². The van der Waals surface area contributed by atoms with Crippen molar-refractivity contribution in [2.24, 2.45) is 5.73 Å². The quantitative estimate of drug-likeness (QED) is 0.791. The second kappa shape index (κ2) is 3.82. The Balaban J connectivity index is 2.28. The van der Waals surface area contributed by atoms with Crippen LogP contribution in [0.4, 0.5) is 0 Å². The highest BCUT2D eigenvalue weighted by molar-refractivity contribution is 7.08. The number of phenolic OH excluding ortho intramolecular Hbond substituents is 1. The molecule has 0 amide bonds. The van der Waals surface area contributed by atoms with Crippen LogP contribution in [0.5, 0.6) is 5.75 Å². The Morgan fingerprint density at radius 3 is 2.36 bits per heavy atom. The molecule has 14 heavy (non-hydrogen) atoms. The molecule has 2 rings (SSSR count). The van der Waals surface area contributed by atoms with E-state index in [1.54, 1.807) is 23.5 Å². The van der Waals surface area contributed by atoms with Crippen molar-refractivity contribution in [1.82, 2.24) is 0 Å². The van der Waals surface area contributed by atoms with E-state index in [1.807, 2.05) is 29.0 Å². The van der Waals surface area contributed by atoms with Crippen molar-refractivity contribution in [1.29, 1.82) is 0 Å². The predicted octanol–water partition coefficient (Wildman–Crippen LogP) is 2.50. The first kappa shape index (κ1) is 9.24. The minimum atomic E-state index is -0.0955. The maximum atomic E-state index is 9.13. The molecule has 1 atom stereocenters. The van der Waals surface area contributed by atoms with Gasteiger partial charge in [0.1, 0.15) is 5.75 Å². The van der Waals surface area contributed by atoms with Crippen molar-refractivity contribution in [3.05, 3.63) is 52.2 Å². The molecule has 0 bridgehead atoms. The van der Waals surface area contributed by atoms with Gasteiger partial charge in [0, 0.05) is 0 Å². The van der Waals surface area contributed by atoms with Gasteiger partial charge in [-0.15, -0.1) is 0 Å². The highest BCUT2D eigenvalue weighted by Crippen LogP contribution is 2.22. The molecule has 2 aromatic rings. The van der Waals surface area contributed by atoms with Gasteiger partial charge in [-0.1, -0.05) is 12.1 Å². The van der Waals surface area contributed by atoms with Gasteiger partial charge >= 0.3 is 0 Å². The number of rotatable bonds is 2. The van der Waals surface area contributed by atoms with Gasteiger partial charge in [0.25, 0.3) is 0 Å². The molecule has 1 heterocycles. The summed E-state index contributed by atoms with van der Waals surface area (Å²) in [6, 6.07) is 8.92. The summed E-state index contributed by atoms with van der Waals surface area (Å²) in [6.45, 7) is 0. The van der Waals surface area contributed by atoms with Crippen molar-refractivity contribution in [3.8, 4) is 5.75 Å². The van der Waals surface area contributed by atoms with Crippen LogP contribution in [0.25, 0.3) is 0 Å². The van der Waals surface area contributed by atoms with Crippen LogP contribution in [0.3, 0.4) is 0 Å². The zero-order valence-electron chi connectivity index (χ0n) is 7.55. The van der Waals surface area contributed by atoms with Crippen LogP contribution in [-0.2, 0) is 0 Å². The highest BCUT2D eigenvalue weighted by atomic mass is 32.1.